The Labute approximate surface area is 114 Å². The summed E-state index contributed by atoms with van der Waals surface area (Å²) in [6.45, 7) is 7.43. The van der Waals surface area contributed by atoms with Crippen molar-refractivity contribution in [2.24, 2.45) is 5.92 Å². The van der Waals surface area contributed by atoms with Crippen LogP contribution in [0.3, 0.4) is 0 Å². The lowest BCUT2D eigenvalue weighted by atomic mass is 10.1. The molecule has 1 heterocycles. The highest BCUT2D eigenvalue weighted by atomic mass is 35.5. The second kappa shape index (κ2) is 5.87. The first-order chi connectivity index (χ1) is 8.58. The van der Waals surface area contributed by atoms with Gasteiger partial charge in [0.25, 0.3) is 0 Å². The SMILES string of the molecule is Cc1c(Cl)nc(C2CC2)nc1NCCCC(C)C. The van der Waals surface area contributed by atoms with Crippen LogP contribution in [-0.4, -0.2) is 16.5 Å². The molecule has 1 aliphatic rings. The summed E-state index contributed by atoms with van der Waals surface area (Å²) >= 11 is 6.16. The molecule has 0 spiro atoms. The average Bonchev–Trinajstić information content (AvgIpc) is 3.13. The van der Waals surface area contributed by atoms with Crippen LogP contribution in [0.1, 0.15) is 56.8 Å². The zero-order chi connectivity index (χ0) is 13.1. The van der Waals surface area contributed by atoms with Gasteiger partial charge in [-0.15, -0.1) is 0 Å². The summed E-state index contributed by atoms with van der Waals surface area (Å²) in [5.74, 6) is 3.13. The van der Waals surface area contributed by atoms with Crippen LogP contribution in [0.4, 0.5) is 5.82 Å². The van der Waals surface area contributed by atoms with Crippen LogP contribution in [0, 0.1) is 12.8 Å². The van der Waals surface area contributed by atoms with Gasteiger partial charge in [0.15, 0.2) is 0 Å². The van der Waals surface area contributed by atoms with Gasteiger partial charge < -0.3 is 5.32 Å². The molecule has 1 fully saturated rings. The van der Waals surface area contributed by atoms with Crippen molar-refractivity contribution < 1.29 is 0 Å². The van der Waals surface area contributed by atoms with Gasteiger partial charge in [0.1, 0.15) is 16.8 Å². The maximum atomic E-state index is 6.16. The summed E-state index contributed by atoms with van der Waals surface area (Å²) in [5, 5.41) is 3.99. The standard InChI is InChI=1S/C14H22ClN3/c1-9(2)5-4-8-16-13-10(3)12(15)17-14(18-13)11-6-7-11/h9,11H,4-8H2,1-3H3,(H,16,17,18). The number of halogens is 1. The molecule has 3 nitrogen and oxygen atoms in total. The van der Waals surface area contributed by atoms with E-state index in [1.807, 2.05) is 6.92 Å². The predicted octanol–water partition coefficient (Wildman–Crippen LogP) is 4.16. The maximum Gasteiger partial charge on any atom is 0.137 e. The monoisotopic (exact) mass is 267 g/mol. The lowest BCUT2D eigenvalue weighted by Gasteiger charge is -2.11. The van der Waals surface area contributed by atoms with E-state index >= 15 is 0 Å². The van der Waals surface area contributed by atoms with Crippen LogP contribution in [0.15, 0.2) is 0 Å². The minimum atomic E-state index is 0.541. The van der Waals surface area contributed by atoms with Gasteiger partial charge >= 0.3 is 0 Å². The van der Waals surface area contributed by atoms with Crippen molar-refractivity contribution in [3.05, 3.63) is 16.5 Å². The first-order valence-corrected chi connectivity index (χ1v) is 7.23. The van der Waals surface area contributed by atoms with Gasteiger partial charge in [-0.05, 0) is 38.5 Å². The van der Waals surface area contributed by atoms with E-state index in [9.17, 15) is 0 Å². The van der Waals surface area contributed by atoms with Crippen molar-refractivity contribution >= 4 is 17.4 Å². The van der Waals surface area contributed by atoms with E-state index in [-0.39, 0.29) is 0 Å². The topological polar surface area (TPSA) is 37.8 Å². The molecule has 1 aromatic rings. The summed E-state index contributed by atoms with van der Waals surface area (Å²) in [5.41, 5.74) is 0.964. The smallest absolute Gasteiger partial charge is 0.137 e. The first-order valence-electron chi connectivity index (χ1n) is 6.86. The molecule has 100 valence electrons. The van der Waals surface area contributed by atoms with Crippen LogP contribution in [0.5, 0.6) is 0 Å². The van der Waals surface area contributed by atoms with Crippen LogP contribution in [-0.2, 0) is 0 Å². The summed E-state index contributed by atoms with van der Waals surface area (Å²) < 4.78 is 0. The summed E-state index contributed by atoms with van der Waals surface area (Å²) in [4.78, 5) is 8.97. The molecule has 0 amide bonds. The Balaban J connectivity index is 1.97. The van der Waals surface area contributed by atoms with E-state index in [2.05, 4.69) is 29.1 Å². The molecule has 0 saturated heterocycles. The fourth-order valence-electron chi connectivity index (χ4n) is 1.92. The number of anilines is 1. The third-order valence-corrected chi connectivity index (χ3v) is 3.66. The zero-order valence-corrected chi connectivity index (χ0v) is 12.2. The zero-order valence-electron chi connectivity index (χ0n) is 11.5. The van der Waals surface area contributed by atoms with Crippen molar-refractivity contribution in [1.29, 1.82) is 0 Å². The summed E-state index contributed by atoms with van der Waals surface area (Å²) in [6, 6.07) is 0. The van der Waals surface area contributed by atoms with Gasteiger partial charge in [0.2, 0.25) is 0 Å². The highest BCUT2D eigenvalue weighted by Gasteiger charge is 2.27. The second-order valence-corrected chi connectivity index (χ2v) is 5.94. The van der Waals surface area contributed by atoms with E-state index in [0.717, 1.165) is 36.1 Å². The Morgan fingerprint density at radius 1 is 1.33 bits per heavy atom. The molecule has 2 rings (SSSR count). The van der Waals surface area contributed by atoms with Crippen LogP contribution in [0.25, 0.3) is 0 Å². The van der Waals surface area contributed by atoms with E-state index in [4.69, 9.17) is 11.6 Å². The Morgan fingerprint density at radius 2 is 2.06 bits per heavy atom. The lowest BCUT2D eigenvalue weighted by Crippen LogP contribution is -2.09. The molecule has 4 heteroatoms. The van der Waals surface area contributed by atoms with Gasteiger partial charge in [-0.25, -0.2) is 9.97 Å². The normalized spacial score (nSPS) is 15.2. The van der Waals surface area contributed by atoms with Crippen molar-refractivity contribution in [3.63, 3.8) is 0 Å². The summed E-state index contributed by atoms with van der Waals surface area (Å²) in [7, 11) is 0. The lowest BCUT2D eigenvalue weighted by molar-refractivity contribution is 0.566. The molecule has 0 unspecified atom stereocenters. The van der Waals surface area contributed by atoms with Gasteiger partial charge in [0.05, 0.1) is 0 Å². The van der Waals surface area contributed by atoms with Gasteiger partial charge in [-0.3, -0.25) is 0 Å². The Morgan fingerprint density at radius 3 is 2.67 bits per heavy atom. The fourth-order valence-corrected chi connectivity index (χ4v) is 2.09. The fraction of sp³-hybridized carbons (Fsp3) is 0.714. The Kier molecular flexibility index (Phi) is 4.44. The van der Waals surface area contributed by atoms with Crippen molar-refractivity contribution in [1.82, 2.24) is 9.97 Å². The third kappa shape index (κ3) is 3.58. The molecular formula is C14H22ClN3. The highest BCUT2D eigenvalue weighted by Crippen LogP contribution is 2.39. The minimum Gasteiger partial charge on any atom is -0.370 e. The van der Waals surface area contributed by atoms with E-state index in [1.54, 1.807) is 0 Å². The number of rotatable bonds is 6. The number of nitrogens with one attached hydrogen (secondary N) is 1. The van der Waals surface area contributed by atoms with Crippen molar-refractivity contribution in [3.8, 4) is 0 Å². The van der Waals surface area contributed by atoms with Gasteiger partial charge in [0, 0.05) is 18.0 Å². The number of nitrogens with zero attached hydrogens (tertiary/aromatic N) is 2. The van der Waals surface area contributed by atoms with E-state index < -0.39 is 0 Å². The average molecular weight is 268 g/mol. The van der Waals surface area contributed by atoms with Crippen LogP contribution >= 0.6 is 11.6 Å². The number of aromatic nitrogens is 2. The third-order valence-electron chi connectivity index (χ3n) is 3.30. The molecule has 0 aliphatic heterocycles. The number of hydrogen-bond donors (Lipinski definition) is 1. The minimum absolute atomic E-state index is 0.541. The van der Waals surface area contributed by atoms with E-state index in [0.29, 0.717) is 11.1 Å². The molecule has 1 aromatic heterocycles. The second-order valence-electron chi connectivity index (χ2n) is 5.58. The molecule has 1 N–H and O–H groups in total. The van der Waals surface area contributed by atoms with E-state index in [1.165, 1.54) is 19.3 Å². The Hall–Kier alpha value is -0.830. The molecular weight excluding hydrogens is 246 g/mol. The van der Waals surface area contributed by atoms with Crippen molar-refractivity contribution in [2.75, 3.05) is 11.9 Å². The molecule has 18 heavy (non-hydrogen) atoms. The molecule has 0 radical (unpaired) electrons. The molecule has 1 saturated carbocycles. The highest BCUT2D eigenvalue weighted by molar-refractivity contribution is 6.30. The van der Waals surface area contributed by atoms with Crippen molar-refractivity contribution in [2.45, 2.75) is 52.4 Å². The Bertz CT molecular complexity index is 414. The summed E-state index contributed by atoms with van der Waals surface area (Å²) in [6.07, 6.45) is 4.80. The van der Waals surface area contributed by atoms with Gasteiger partial charge in [-0.2, -0.15) is 0 Å². The first kappa shape index (κ1) is 13.6. The van der Waals surface area contributed by atoms with Crippen LogP contribution < -0.4 is 5.32 Å². The predicted molar refractivity (Wildman–Crippen MR) is 76.3 cm³/mol. The molecule has 0 atom stereocenters. The number of hydrogen-bond acceptors (Lipinski definition) is 3. The molecule has 0 aromatic carbocycles. The van der Waals surface area contributed by atoms with Crippen LogP contribution in [0.2, 0.25) is 5.15 Å². The molecule has 1 aliphatic carbocycles. The largest absolute Gasteiger partial charge is 0.370 e. The van der Waals surface area contributed by atoms with Gasteiger partial charge in [-0.1, -0.05) is 25.4 Å². The quantitative estimate of drug-likeness (QED) is 0.621. The maximum absolute atomic E-state index is 6.16. The molecule has 0 bridgehead atoms.